The molecule has 6 nitrogen and oxygen atoms in total. The van der Waals surface area contributed by atoms with Crippen LogP contribution in [0.1, 0.15) is 25.0 Å². The molecule has 0 atom stereocenters. The Kier molecular flexibility index (Phi) is 9.29. The molecule has 4 N–H and O–H groups in total. The number of nitrogens with two attached hydrogens (primary N) is 1. The molecule has 2 amide bonds. The van der Waals surface area contributed by atoms with E-state index in [0.29, 0.717) is 0 Å². The van der Waals surface area contributed by atoms with Gasteiger partial charge in [0.25, 0.3) is 0 Å². The highest BCUT2D eigenvalue weighted by Gasteiger charge is 2.33. The van der Waals surface area contributed by atoms with E-state index in [2.05, 4.69) is 10.6 Å². The number of carbonyl (C=O) groups is 2. The number of alkyl halides is 3. The summed E-state index contributed by atoms with van der Waals surface area (Å²) in [7, 11) is 0. The Morgan fingerprint density at radius 3 is 2.36 bits per heavy atom. The Morgan fingerprint density at radius 1 is 1.20 bits per heavy atom. The summed E-state index contributed by atoms with van der Waals surface area (Å²) in [6.45, 7) is 2.46. The molecule has 25 heavy (non-hydrogen) atoms. The Hall–Kier alpha value is -2.00. The van der Waals surface area contributed by atoms with Crippen molar-refractivity contribution in [1.82, 2.24) is 10.6 Å². The second kappa shape index (κ2) is 10.1. The molecule has 0 aromatic heterocycles. The molecule has 1 rings (SSSR count). The third kappa shape index (κ3) is 8.08. The van der Waals surface area contributed by atoms with Gasteiger partial charge in [-0.1, -0.05) is 6.07 Å². The Labute approximate surface area is 149 Å². The summed E-state index contributed by atoms with van der Waals surface area (Å²) in [5, 5.41) is 4.54. The quantitative estimate of drug-likeness (QED) is 0.666. The maximum Gasteiger partial charge on any atom is 0.416 e. The molecule has 0 fully saturated rings. The van der Waals surface area contributed by atoms with Crippen molar-refractivity contribution in [2.45, 2.75) is 32.7 Å². The highest BCUT2D eigenvalue weighted by Crippen LogP contribution is 2.34. The van der Waals surface area contributed by atoms with Crippen molar-refractivity contribution in [3.63, 3.8) is 0 Å². The fourth-order valence-electron chi connectivity index (χ4n) is 1.83. The normalized spacial score (nSPS) is 10.8. The van der Waals surface area contributed by atoms with Crippen LogP contribution in [0.5, 0.6) is 5.75 Å². The summed E-state index contributed by atoms with van der Waals surface area (Å²) in [4.78, 5) is 22.5. The van der Waals surface area contributed by atoms with Gasteiger partial charge in [-0.05, 0) is 31.5 Å². The highest BCUT2D eigenvalue weighted by molar-refractivity contribution is 5.85. The molecule has 142 valence electrons. The zero-order valence-electron chi connectivity index (χ0n) is 13.8. The molecule has 0 spiro atoms. The average molecular weight is 384 g/mol. The molecule has 0 aliphatic rings. The third-order valence-electron chi connectivity index (χ3n) is 2.87. The maximum absolute atomic E-state index is 13.2. The number of nitrogens with one attached hydrogen (secondary N) is 2. The van der Waals surface area contributed by atoms with Crippen LogP contribution >= 0.6 is 12.4 Å². The Balaban J connectivity index is 0.00000576. The fourth-order valence-corrected chi connectivity index (χ4v) is 1.83. The molecule has 0 bridgehead atoms. The molecule has 0 saturated carbocycles. The maximum atomic E-state index is 13.2. The predicted octanol–water partition coefficient (Wildman–Crippen LogP) is 1.61. The first-order valence-corrected chi connectivity index (χ1v) is 7.23. The number of amides is 2. The minimum absolute atomic E-state index is 0. The van der Waals surface area contributed by atoms with Gasteiger partial charge in [0, 0.05) is 6.54 Å². The van der Waals surface area contributed by atoms with Crippen LogP contribution in [0.3, 0.4) is 0 Å². The average Bonchev–Trinajstić information content (AvgIpc) is 2.49. The molecule has 10 heteroatoms. The zero-order valence-corrected chi connectivity index (χ0v) is 14.6. The van der Waals surface area contributed by atoms with Crippen LogP contribution in [0.25, 0.3) is 0 Å². The van der Waals surface area contributed by atoms with Gasteiger partial charge in [-0.3, -0.25) is 9.59 Å². The van der Waals surface area contributed by atoms with Crippen LogP contribution < -0.4 is 21.1 Å². The number of ether oxygens (including phenoxy) is 1. The minimum Gasteiger partial charge on any atom is -0.491 e. The van der Waals surface area contributed by atoms with Crippen LogP contribution in [-0.2, 0) is 22.3 Å². The zero-order chi connectivity index (χ0) is 18.3. The van der Waals surface area contributed by atoms with E-state index in [1.165, 1.54) is 12.1 Å². The van der Waals surface area contributed by atoms with Crippen molar-refractivity contribution in [2.24, 2.45) is 5.73 Å². The van der Waals surface area contributed by atoms with Crippen molar-refractivity contribution in [1.29, 1.82) is 0 Å². The van der Waals surface area contributed by atoms with Crippen molar-refractivity contribution >= 4 is 24.2 Å². The topological polar surface area (TPSA) is 93.5 Å². The predicted molar refractivity (Wildman–Crippen MR) is 88.4 cm³/mol. The number of hydrogen-bond acceptors (Lipinski definition) is 4. The SMILES string of the molecule is CC(C)Oc1ccc(CNC(=O)CNC(=O)CN)c(C(F)(F)F)c1.Cl. The van der Waals surface area contributed by atoms with E-state index < -0.39 is 23.6 Å². The smallest absolute Gasteiger partial charge is 0.416 e. The number of carbonyl (C=O) groups excluding carboxylic acids is 2. The van der Waals surface area contributed by atoms with Crippen LogP contribution in [0.2, 0.25) is 0 Å². The van der Waals surface area contributed by atoms with Gasteiger partial charge in [-0.25, -0.2) is 0 Å². The molecule has 1 aromatic rings. The van der Waals surface area contributed by atoms with E-state index in [1.807, 2.05) is 0 Å². The summed E-state index contributed by atoms with van der Waals surface area (Å²) in [6, 6.07) is 3.56. The minimum atomic E-state index is -4.58. The second-order valence-corrected chi connectivity index (χ2v) is 5.24. The fraction of sp³-hybridized carbons (Fsp3) is 0.467. The van der Waals surface area contributed by atoms with Gasteiger partial charge in [0.1, 0.15) is 5.75 Å². The van der Waals surface area contributed by atoms with Crippen molar-refractivity contribution in [3.05, 3.63) is 29.3 Å². The molecule has 0 saturated heterocycles. The summed E-state index contributed by atoms with van der Waals surface area (Å²) >= 11 is 0. The van der Waals surface area contributed by atoms with Crippen molar-refractivity contribution in [3.8, 4) is 5.75 Å². The summed E-state index contributed by atoms with van der Waals surface area (Å²) in [5.41, 5.74) is 4.08. The summed E-state index contributed by atoms with van der Waals surface area (Å²) in [6.07, 6.45) is -4.84. The molecule has 0 radical (unpaired) electrons. The van der Waals surface area contributed by atoms with Crippen LogP contribution in [0.4, 0.5) is 13.2 Å². The monoisotopic (exact) mass is 383 g/mol. The number of rotatable bonds is 7. The Bertz CT molecular complexity index is 595. The number of hydrogen-bond donors (Lipinski definition) is 3. The standard InChI is InChI=1S/C15H20F3N3O3.ClH/c1-9(2)24-11-4-3-10(12(5-11)15(16,17)18)7-20-14(23)8-21-13(22)6-19;/h3-5,9H,6-8,19H2,1-2H3,(H,20,23)(H,21,22);1H. The first kappa shape index (κ1) is 23.0. The van der Waals surface area contributed by atoms with Gasteiger partial charge in [0.05, 0.1) is 24.8 Å². The molecule has 0 aliphatic carbocycles. The molecule has 1 aromatic carbocycles. The van der Waals surface area contributed by atoms with Crippen molar-refractivity contribution < 1.29 is 27.5 Å². The molecule has 0 unspecified atom stereocenters. The lowest BCUT2D eigenvalue weighted by Crippen LogP contribution is -2.39. The molecular formula is C15H21ClF3N3O3. The lowest BCUT2D eigenvalue weighted by Gasteiger charge is -2.17. The van der Waals surface area contributed by atoms with Gasteiger partial charge in [0.2, 0.25) is 11.8 Å². The lowest BCUT2D eigenvalue weighted by atomic mass is 10.1. The molecule has 0 aliphatic heterocycles. The van der Waals surface area contributed by atoms with E-state index in [9.17, 15) is 22.8 Å². The highest BCUT2D eigenvalue weighted by atomic mass is 35.5. The van der Waals surface area contributed by atoms with Gasteiger partial charge in [-0.15, -0.1) is 12.4 Å². The van der Waals surface area contributed by atoms with Gasteiger partial charge >= 0.3 is 6.18 Å². The third-order valence-corrected chi connectivity index (χ3v) is 2.87. The molecule has 0 heterocycles. The van der Waals surface area contributed by atoms with E-state index in [1.54, 1.807) is 13.8 Å². The second-order valence-electron chi connectivity index (χ2n) is 5.24. The van der Waals surface area contributed by atoms with E-state index >= 15 is 0 Å². The Morgan fingerprint density at radius 2 is 1.84 bits per heavy atom. The molecular weight excluding hydrogens is 363 g/mol. The lowest BCUT2D eigenvalue weighted by molar-refractivity contribution is -0.138. The number of halogens is 4. The van der Waals surface area contributed by atoms with Gasteiger partial charge < -0.3 is 21.1 Å². The largest absolute Gasteiger partial charge is 0.491 e. The number of benzene rings is 1. The first-order chi connectivity index (χ1) is 11.1. The van der Waals surface area contributed by atoms with E-state index in [4.69, 9.17) is 10.5 Å². The van der Waals surface area contributed by atoms with E-state index in [0.717, 1.165) is 6.07 Å². The summed E-state index contributed by atoms with van der Waals surface area (Å²) < 4.78 is 44.7. The van der Waals surface area contributed by atoms with E-state index in [-0.39, 0.29) is 49.5 Å². The first-order valence-electron chi connectivity index (χ1n) is 7.23. The van der Waals surface area contributed by atoms with Gasteiger partial charge in [-0.2, -0.15) is 13.2 Å². The van der Waals surface area contributed by atoms with Crippen LogP contribution in [-0.4, -0.2) is 31.0 Å². The summed E-state index contributed by atoms with van der Waals surface area (Å²) in [5.74, 6) is -1.05. The van der Waals surface area contributed by atoms with Crippen LogP contribution in [0, 0.1) is 0 Å². The van der Waals surface area contributed by atoms with Crippen molar-refractivity contribution in [2.75, 3.05) is 13.1 Å². The van der Waals surface area contributed by atoms with Gasteiger partial charge in [0.15, 0.2) is 0 Å². The van der Waals surface area contributed by atoms with Crippen LogP contribution in [0.15, 0.2) is 18.2 Å².